The molecule has 0 bridgehead atoms. The fourth-order valence-electron chi connectivity index (χ4n) is 3.35. The van der Waals surface area contributed by atoms with Crippen molar-refractivity contribution in [1.82, 2.24) is 0 Å². The normalized spacial score (nSPS) is 29.9. The first-order chi connectivity index (χ1) is 8.35. The highest BCUT2D eigenvalue weighted by atomic mass is 16.5. The third kappa shape index (κ3) is 3.71. The fourth-order valence-corrected chi connectivity index (χ4v) is 3.35. The molecule has 1 aliphatic heterocycles. The molecule has 2 aliphatic rings. The molecule has 0 spiro atoms. The molecule has 1 aliphatic carbocycles. The summed E-state index contributed by atoms with van der Waals surface area (Å²) < 4.78 is 5.83. The van der Waals surface area contributed by atoms with E-state index in [1.54, 1.807) is 0 Å². The molecule has 96 valence electrons. The highest BCUT2D eigenvalue weighted by Crippen LogP contribution is 2.39. The monoisotopic (exact) mass is 235 g/mol. The van der Waals surface area contributed by atoms with Crippen LogP contribution in [0, 0.1) is 16.7 Å². The van der Waals surface area contributed by atoms with Crippen molar-refractivity contribution >= 4 is 0 Å². The molecule has 0 N–H and O–H groups in total. The van der Waals surface area contributed by atoms with Gasteiger partial charge in [-0.2, -0.15) is 5.26 Å². The highest BCUT2D eigenvalue weighted by molar-refractivity contribution is 5.00. The Kier molecular flexibility index (Phi) is 4.86. The topological polar surface area (TPSA) is 33.0 Å². The van der Waals surface area contributed by atoms with Crippen molar-refractivity contribution in [2.24, 2.45) is 5.41 Å². The van der Waals surface area contributed by atoms with E-state index in [1.807, 2.05) is 0 Å². The van der Waals surface area contributed by atoms with E-state index >= 15 is 0 Å². The highest BCUT2D eigenvalue weighted by Gasteiger charge is 2.34. The number of nitriles is 1. The zero-order valence-corrected chi connectivity index (χ0v) is 10.9. The maximum atomic E-state index is 9.58. The molecule has 17 heavy (non-hydrogen) atoms. The molecule has 2 heteroatoms. The Morgan fingerprint density at radius 2 is 1.71 bits per heavy atom. The quantitative estimate of drug-likeness (QED) is 0.718. The summed E-state index contributed by atoms with van der Waals surface area (Å²) >= 11 is 0. The Bertz CT molecular complexity index is 255. The number of hydrogen-bond donors (Lipinski definition) is 0. The predicted octanol–water partition coefficient (Wildman–Crippen LogP) is 4.20. The molecule has 2 fully saturated rings. The predicted molar refractivity (Wildman–Crippen MR) is 68.6 cm³/mol. The summed E-state index contributed by atoms with van der Waals surface area (Å²) in [6.45, 7) is 0.909. The summed E-state index contributed by atoms with van der Waals surface area (Å²) in [5.74, 6) is 0. The van der Waals surface area contributed by atoms with Crippen LogP contribution < -0.4 is 0 Å². The zero-order valence-electron chi connectivity index (χ0n) is 10.9. The van der Waals surface area contributed by atoms with Gasteiger partial charge in [-0.25, -0.2) is 0 Å². The first kappa shape index (κ1) is 12.9. The van der Waals surface area contributed by atoms with E-state index in [2.05, 4.69) is 6.07 Å². The van der Waals surface area contributed by atoms with Crippen molar-refractivity contribution in [3.8, 4) is 6.07 Å². The molecule has 1 unspecified atom stereocenters. The Balaban J connectivity index is 1.93. The lowest BCUT2D eigenvalue weighted by atomic mass is 9.73. The van der Waals surface area contributed by atoms with Crippen LogP contribution in [0.4, 0.5) is 0 Å². The van der Waals surface area contributed by atoms with Crippen LogP contribution in [-0.4, -0.2) is 12.7 Å². The molecule has 2 rings (SSSR count). The van der Waals surface area contributed by atoms with Gasteiger partial charge < -0.3 is 4.74 Å². The molecule has 1 heterocycles. The van der Waals surface area contributed by atoms with Gasteiger partial charge in [-0.15, -0.1) is 0 Å². The SMILES string of the molecule is N#CC1(CC2CCCCO2)CCCCCCC1. The van der Waals surface area contributed by atoms with Crippen molar-refractivity contribution in [3.63, 3.8) is 0 Å². The average molecular weight is 235 g/mol. The minimum Gasteiger partial charge on any atom is -0.378 e. The molecule has 0 aromatic carbocycles. The fraction of sp³-hybridized carbons (Fsp3) is 0.933. The number of nitrogens with zero attached hydrogens (tertiary/aromatic N) is 1. The summed E-state index contributed by atoms with van der Waals surface area (Å²) in [5.41, 5.74) is -0.0670. The standard InChI is InChI=1S/C15H25NO/c16-13-15(9-5-2-1-3-6-10-15)12-14-8-4-7-11-17-14/h14H,1-12H2. The van der Waals surface area contributed by atoms with Crippen molar-refractivity contribution in [3.05, 3.63) is 0 Å². The number of ether oxygens (including phenoxy) is 1. The molecule has 0 radical (unpaired) electrons. The first-order valence-electron chi connectivity index (χ1n) is 7.38. The Morgan fingerprint density at radius 1 is 1.00 bits per heavy atom. The average Bonchev–Trinajstić information content (AvgIpc) is 2.34. The van der Waals surface area contributed by atoms with Crippen molar-refractivity contribution in [1.29, 1.82) is 5.26 Å². The van der Waals surface area contributed by atoms with Crippen LogP contribution in [0.15, 0.2) is 0 Å². The summed E-state index contributed by atoms with van der Waals surface area (Å²) in [6, 6.07) is 2.65. The second kappa shape index (κ2) is 6.40. The molecular formula is C15H25NO. The van der Waals surface area contributed by atoms with Crippen LogP contribution in [0.2, 0.25) is 0 Å². The molecule has 1 atom stereocenters. The van der Waals surface area contributed by atoms with Gasteiger partial charge >= 0.3 is 0 Å². The lowest BCUT2D eigenvalue weighted by Crippen LogP contribution is -2.30. The van der Waals surface area contributed by atoms with E-state index in [4.69, 9.17) is 4.74 Å². The van der Waals surface area contributed by atoms with Crippen LogP contribution in [0.25, 0.3) is 0 Å². The summed E-state index contributed by atoms with van der Waals surface area (Å²) in [4.78, 5) is 0. The van der Waals surface area contributed by atoms with Gasteiger partial charge in [0.25, 0.3) is 0 Å². The molecular weight excluding hydrogens is 210 g/mol. The van der Waals surface area contributed by atoms with Crippen LogP contribution in [0.3, 0.4) is 0 Å². The lowest BCUT2D eigenvalue weighted by Gasteiger charge is -2.33. The molecule has 1 saturated carbocycles. The molecule has 1 saturated heterocycles. The van der Waals surface area contributed by atoms with E-state index in [-0.39, 0.29) is 5.41 Å². The Hall–Kier alpha value is -0.550. The first-order valence-corrected chi connectivity index (χ1v) is 7.38. The third-order valence-electron chi connectivity index (χ3n) is 4.44. The lowest BCUT2D eigenvalue weighted by molar-refractivity contribution is -0.0105. The maximum Gasteiger partial charge on any atom is 0.0690 e. The Morgan fingerprint density at radius 3 is 2.29 bits per heavy atom. The second-order valence-electron chi connectivity index (χ2n) is 5.85. The van der Waals surface area contributed by atoms with E-state index < -0.39 is 0 Å². The maximum absolute atomic E-state index is 9.58. The number of hydrogen-bond acceptors (Lipinski definition) is 2. The smallest absolute Gasteiger partial charge is 0.0690 e. The summed E-state index contributed by atoms with van der Waals surface area (Å²) in [5, 5.41) is 9.58. The van der Waals surface area contributed by atoms with E-state index in [9.17, 15) is 5.26 Å². The van der Waals surface area contributed by atoms with Crippen LogP contribution in [-0.2, 0) is 4.74 Å². The zero-order chi connectivity index (χ0) is 12.0. The van der Waals surface area contributed by atoms with Crippen molar-refractivity contribution in [2.45, 2.75) is 76.7 Å². The van der Waals surface area contributed by atoms with Gasteiger partial charge in [-0.05, 0) is 38.5 Å². The van der Waals surface area contributed by atoms with Gasteiger partial charge in [0.1, 0.15) is 0 Å². The van der Waals surface area contributed by atoms with Gasteiger partial charge in [0.2, 0.25) is 0 Å². The summed E-state index contributed by atoms with van der Waals surface area (Å²) in [6.07, 6.45) is 13.7. The van der Waals surface area contributed by atoms with Gasteiger partial charge in [-0.3, -0.25) is 0 Å². The van der Waals surface area contributed by atoms with Crippen molar-refractivity contribution < 1.29 is 4.74 Å². The summed E-state index contributed by atoms with van der Waals surface area (Å²) in [7, 11) is 0. The van der Waals surface area contributed by atoms with Crippen molar-refractivity contribution in [2.75, 3.05) is 6.61 Å². The largest absolute Gasteiger partial charge is 0.378 e. The molecule has 2 nitrogen and oxygen atoms in total. The number of rotatable bonds is 2. The van der Waals surface area contributed by atoms with Gasteiger partial charge in [0.05, 0.1) is 17.6 Å². The van der Waals surface area contributed by atoms with Crippen LogP contribution in [0.5, 0.6) is 0 Å². The minimum absolute atomic E-state index is 0.0670. The minimum atomic E-state index is -0.0670. The van der Waals surface area contributed by atoms with E-state index in [1.165, 1.54) is 51.4 Å². The van der Waals surface area contributed by atoms with Crippen LogP contribution in [0.1, 0.15) is 70.6 Å². The third-order valence-corrected chi connectivity index (χ3v) is 4.44. The molecule has 0 amide bonds. The molecule has 0 aromatic rings. The van der Waals surface area contributed by atoms with Crippen LogP contribution >= 0.6 is 0 Å². The van der Waals surface area contributed by atoms with Gasteiger partial charge in [-0.1, -0.05) is 32.1 Å². The molecule has 0 aromatic heterocycles. The Labute approximate surface area is 105 Å². The second-order valence-corrected chi connectivity index (χ2v) is 5.85. The van der Waals surface area contributed by atoms with Gasteiger partial charge in [0, 0.05) is 6.61 Å². The van der Waals surface area contributed by atoms with E-state index in [0.717, 1.165) is 25.9 Å². The van der Waals surface area contributed by atoms with E-state index in [0.29, 0.717) is 6.10 Å². The van der Waals surface area contributed by atoms with Gasteiger partial charge in [0.15, 0.2) is 0 Å².